The molecule has 1 heterocycles. The molecule has 1 N–H and O–H groups in total. The molecule has 2 unspecified atom stereocenters. The first-order valence-electron chi connectivity index (χ1n) is 7.43. The van der Waals surface area contributed by atoms with Crippen molar-refractivity contribution < 1.29 is 9.84 Å². The molecule has 3 nitrogen and oxygen atoms in total. The Balaban J connectivity index is 1.72. The lowest BCUT2D eigenvalue weighted by molar-refractivity contribution is -0.0581. The summed E-state index contributed by atoms with van der Waals surface area (Å²) in [6.07, 6.45) is 4.43. The zero-order valence-electron chi connectivity index (χ0n) is 12.3. The van der Waals surface area contributed by atoms with Gasteiger partial charge < -0.3 is 9.84 Å². The number of hydrogen-bond donors (Lipinski definition) is 1. The Morgan fingerprint density at radius 1 is 1.38 bits per heavy atom. The third-order valence-electron chi connectivity index (χ3n) is 4.21. The van der Waals surface area contributed by atoms with Gasteiger partial charge in [0.15, 0.2) is 0 Å². The Morgan fingerprint density at radius 3 is 2.95 bits per heavy atom. The molecule has 1 fully saturated rings. The lowest BCUT2D eigenvalue weighted by Crippen LogP contribution is -2.40. The van der Waals surface area contributed by atoms with Gasteiger partial charge in [-0.05, 0) is 19.3 Å². The molecular weight excluding hydrogens is 282 g/mol. The molecule has 0 spiro atoms. The van der Waals surface area contributed by atoms with Crippen LogP contribution in [0.2, 0.25) is 0 Å². The molecule has 0 radical (unpaired) electrons. The summed E-state index contributed by atoms with van der Waals surface area (Å²) >= 11 is 1.63. The van der Waals surface area contributed by atoms with E-state index in [1.165, 1.54) is 0 Å². The second-order valence-electron chi connectivity index (χ2n) is 5.85. The van der Waals surface area contributed by atoms with Gasteiger partial charge in [0.05, 0.1) is 22.4 Å². The lowest BCUT2D eigenvalue weighted by Gasteiger charge is -2.35. The second kappa shape index (κ2) is 6.26. The van der Waals surface area contributed by atoms with Crippen molar-refractivity contribution in [2.45, 2.75) is 43.8 Å². The summed E-state index contributed by atoms with van der Waals surface area (Å²) in [5.41, 5.74) is 1.47. The van der Waals surface area contributed by atoms with Gasteiger partial charge in [0.1, 0.15) is 0 Å². The van der Waals surface area contributed by atoms with Crippen molar-refractivity contribution in [3.05, 3.63) is 40.7 Å². The molecule has 2 aromatic rings. The van der Waals surface area contributed by atoms with E-state index in [0.717, 1.165) is 35.5 Å². The SMILES string of the molecule is COC1CCCC(O)(Cc2nc(-c3ccccc3)cs2)C1. The second-order valence-corrected chi connectivity index (χ2v) is 6.79. The first kappa shape index (κ1) is 14.7. The van der Waals surface area contributed by atoms with Crippen molar-refractivity contribution in [3.8, 4) is 11.3 Å². The molecule has 0 aliphatic heterocycles. The molecule has 1 saturated carbocycles. The fourth-order valence-electron chi connectivity index (χ4n) is 3.06. The largest absolute Gasteiger partial charge is 0.389 e. The number of aromatic nitrogens is 1. The maximum absolute atomic E-state index is 10.8. The van der Waals surface area contributed by atoms with E-state index in [2.05, 4.69) is 22.5 Å². The summed E-state index contributed by atoms with van der Waals surface area (Å²) in [6, 6.07) is 10.2. The van der Waals surface area contributed by atoms with Crippen LogP contribution in [0.3, 0.4) is 0 Å². The predicted octanol–water partition coefficient (Wildman–Crippen LogP) is 3.67. The molecule has 4 heteroatoms. The molecule has 1 aliphatic rings. The van der Waals surface area contributed by atoms with E-state index in [0.29, 0.717) is 12.8 Å². The standard InChI is InChI=1S/C17H21NO2S/c1-20-14-8-5-9-17(19,10-14)11-16-18-15(12-21-16)13-6-3-2-4-7-13/h2-4,6-7,12,14,19H,5,8-11H2,1H3. The minimum Gasteiger partial charge on any atom is -0.389 e. The first-order valence-corrected chi connectivity index (χ1v) is 8.31. The fourth-order valence-corrected chi connectivity index (χ4v) is 4.00. The molecule has 112 valence electrons. The highest BCUT2D eigenvalue weighted by Gasteiger charge is 2.35. The Kier molecular flexibility index (Phi) is 4.38. The number of benzene rings is 1. The van der Waals surface area contributed by atoms with Crippen LogP contribution < -0.4 is 0 Å². The Labute approximate surface area is 129 Å². The summed E-state index contributed by atoms with van der Waals surface area (Å²) in [6.45, 7) is 0. The number of thiazole rings is 1. The average Bonchev–Trinajstić information content (AvgIpc) is 2.96. The molecular formula is C17H21NO2S. The third-order valence-corrected chi connectivity index (χ3v) is 5.06. The first-order chi connectivity index (χ1) is 10.2. The monoisotopic (exact) mass is 303 g/mol. The molecule has 1 aromatic heterocycles. The van der Waals surface area contributed by atoms with Gasteiger partial charge in [0.2, 0.25) is 0 Å². The van der Waals surface area contributed by atoms with Crippen LogP contribution in [0.1, 0.15) is 30.7 Å². The van der Waals surface area contributed by atoms with Crippen LogP contribution in [-0.2, 0) is 11.2 Å². The van der Waals surface area contributed by atoms with Gasteiger partial charge in [-0.25, -0.2) is 4.98 Å². The van der Waals surface area contributed by atoms with Gasteiger partial charge in [-0.2, -0.15) is 0 Å². The zero-order chi connectivity index (χ0) is 14.7. The Morgan fingerprint density at radius 2 is 2.19 bits per heavy atom. The number of rotatable bonds is 4. The quantitative estimate of drug-likeness (QED) is 0.937. The Hall–Kier alpha value is -1.23. The molecule has 0 bridgehead atoms. The van der Waals surface area contributed by atoms with Gasteiger partial charge in [0, 0.05) is 30.9 Å². The van der Waals surface area contributed by atoms with Gasteiger partial charge in [0.25, 0.3) is 0 Å². The van der Waals surface area contributed by atoms with Crippen LogP contribution in [0, 0.1) is 0 Å². The summed E-state index contributed by atoms with van der Waals surface area (Å²) < 4.78 is 5.42. The van der Waals surface area contributed by atoms with Crippen molar-refractivity contribution in [2.75, 3.05) is 7.11 Å². The summed E-state index contributed by atoms with van der Waals surface area (Å²) in [4.78, 5) is 4.69. The molecule has 21 heavy (non-hydrogen) atoms. The van der Waals surface area contributed by atoms with E-state index in [1.807, 2.05) is 18.2 Å². The highest BCUT2D eigenvalue weighted by atomic mass is 32.1. The molecule has 1 aliphatic carbocycles. The van der Waals surface area contributed by atoms with Crippen LogP contribution in [0.25, 0.3) is 11.3 Å². The smallest absolute Gasteiger partial charge is 0.0961 e. The van der Waals surface area contributed by atoms with E-state index in [4.69, 9.17) is 4.74 Å². The average molecular weight is 303 g/mol. The van der Waals surface area contributed by atoms with Gasteiger partial charge >= 0.3 is 0 Å². The van der Waals surface area contributed by atoms with E-state index in [9.17, 15) is 5.11 Å². The van der Waals surface area contributed by atoms with E-state index in [1.54, 1.807) is 18.4 Å². The van der Waals surface area contributed by atoms with Crippen LogP contribution in [0.5, 0.6) is 0 Å². The van der Waals surface area contributed by atoms with E-state index in [-0.39, 0.29) is 6.10 Å². The number of nitrogens with zero attached hydrogens (tertiary/aromatic N) is 1. The fraction of sp³-hybridized carbons (Fsp3) is 0.471. The maximum Gasteiger partial charge on any atom is 0.0961 e. The summed E-state index contributed by atoms with van der Waals surface area (Å²) in [5, 5.41) is 13.9. The van der Waals surface area contributed by atoms with Gasteiger partial charge in [-0.1, -0.05) is 30.3 Å². The minimum atomic E-state index is -0.662. The van der Waals surface area contributed by atoms with Crippen LogP contribution >= 0.6 is 11.3 Å². The van der Waals surface area contributed by atoms with Crippen LogP contribution in [0.4, 0.5) is 0 Å². The number of methoxy groups -OCH3 is 1. The normalized spacial score (nSPS) is 25.9. The van der Waals surface area contributed by atoms with Crippen molar-refractivity contribution in [2.24, 2.45) is 0 Å². The number of aliphatic hydroxyl groups is 1. The summed E-state index contributed by atoms with van der Waals surface area (Å²) in [5.74, 6) is 0. The van der Waals surface area contributed by atoms with E-state index >= 15 is 0 Å². The zero-order valence-corrected chi connectivity index (χ0v) is 13.1. The molecule has 0 saturated heterocycles. The van der Waals surface area contributed by atoms with Gasteiger partial charge in [-0.3, -0.25) is 0 Å². The summed E-state index contributed by atoms with van der Waals surface area (Å²) in [7, 11) is 1.73. The third kappa shape index (κ3) is 3.51. The maximum atomic E-state index is 10.8. The minimum absolute atomic E-state index is 0.178. The van der Waals surface area contributed by atoms with Crippen LogP contribution in [-0.4, -0.2) is 28.9 Å². The lowest BCUT2D eigenvalue weighted by atomic mass is 9.81. The highest BCUT2D eigenvalue weighted by molar-refractivity contribution is 7.09. The van der Waals surface area contributed by atoms with Crippen molar-refractivity contribution in [1.29, 1.82) is 0 Å². The molecule has 0 amide bonds. The van der Waals surface area contributed by atoms with Gasteiger partial charge in [-0.15, -0.1) is 11.3 Å². The molecule has 3 rings (SSSR count). The number of hydrogen-bond acceptors (Lipinski definition) is 4. The topological polar surface area (TPSA) is 42.4 Å². The highest BCUT2D eigenvalue weighted by Crippen LogP contribution is 2.34. The number of ether oxygens (including phenoxy) is 1. The Bertz CT molecular complexity index is 583. The van der Waals surface area contributed by atoms with E-state index < -0.39 is 5.60 Å². The van der Waals surface area contributed by atoms with Crippen LogP contribution in [0.15, 0.2) is 35.7 Å². The van der Waals surface area contributed by atoms with Crippen molar-refractivity contribution in [3.63, 3.8) is 0 Å². The predicted molar refractivity (Wildman–Crippen MR) is 85.5 cm³/mol. The molecule has 2 atom stereocenters. The van der Waals surface area contributed by atoms with Crippen molar-refractivity contribution >= 4 is 11.3 Å². The van der Waals surface area contributed by atoms with Crippen molar-refractivity contribution in [1.82, 2.24) is 4.98 Å². The molecule has 1 aromatic carbocycles.